The van der Waals surface area contributed by atoms with Crippen molar-refractivity contribution in [3.63, 3.8) is 0 Å². The summed E-state index contributed by atoms with van der Waals surface area (Å²) in [7, 11) is 0. The Morgan fingerprint density at radius 1 is 1.40 bits per heavy atom. The van der Waals surface area contributed by atoms with Crippen LogP contribution >= 0.6 is 0 Å². The summed E-state index contributed by atoms with van der Waals surface area (Å²) in [6.07, 6.45) is 2.63. The van der Waals surface area contributed by atoms with E-state index in [4.69, 9.17) is 4.74 Å². The minimum Gasteiger partial charge on any atom is -0.393 e. The van der Waals surface area contributed by atoms with Crippen LogP contribution < -0.4 is 0 Å². The number of hydrogen-bond donors (Lipinski definition) is 1. The van der Waals surface area contributed by atoms with Gasteiger partial charge in [-0.05, 0) is 42.9 Å². The molecule has 0 fully saturated rings. The van der Waals surface area contributed by atoms with Crippen LogP contribution in [0.5, 0.6) is 0 Å². The summed E-state index contributed by atoms with van der Waals surface area (Å²) in [4.78, 5) is 0. The minimum atomic E-state index is -0.204. The lowest BCUT2D eigenvalue weighted by molar-refractivity contribution is 0.110. The Hall–Kier alpha value is -0.860. The highest BCUT2D eigenvalue weighted by molar-refractivity contribution is 5.33. The van der Waals surface area contributed by atoms with Crippen molar-refractivity contribution in [1.29, 1.82) is 0 Å². The Bertz CT molecular complexity index is 331. The van der Waals surface area contributed by atoms with E-state index >= 15 is 0 Å². The molecular weight excluding hydrogens is 188 g/mol. The lowest BCUT2D eigenvalue weighted by atomic mass is 9.98. The largest absolute Gasteiger partial charge is 0.393 e. The Morgan fingerprint density at radius 2 is 2.27 bits per heavy atom. The van der Waals surface area contributed by atoms with Crippen molar-refractivity contribution in [3.05, 3.63) is 34.9 Å². The van der Waals surface area contributed by atoms with Crippen molar-refractivity contribution in [2.24, 2.45) is 0 Å². The van der Waals surface area contributed by atoms with E-state index in [1.165, 1.54) is 16.7 Å². The number of aliphatic hydroxyl groups is 1. The standard InChI is InChI=1S/C13H18O2/c1-10(14)2-3-11-4-5-13-9-15-7-6-12(13)8-11/h4-5,8,10,14H,2-3,6-7,9H2,1H3/t10-/m0/s1. The van der Waals surface area contributed by atoms with Crippen LogP contribution in [-0.4, -0.2) is 17.8 Å². The average Bonchev–Trinajstić information content (AvgIpc) is 2.26. The lowest BCUT2D eigenvalue weighted by Gasteiger charge is -2.17. The van der Waals surface area contributed by atoms with Crippen molar-refractivity contribution in [2.75, 3.05) is 6.61 Å². The summed E-state index contributed by atoms with van der Waals surface area (Å²) >= 11 is 0. The quantitative estimate of drug-likeness (QED) is 0.820. The van der Waals surface area contributed by atoms with Crippen molar-refractivity contribution in [2.45, 2.75) is 38.9 Å². The Kier molecular flexibility index (Phi) is 3.39. The molecular formula is C13H18O2. The van der Waals surface area contributed by atoms with Crippen LogP contribution in [-0.2, 0) is 24.2 Å². The molecule has 0 bridgehead atoms. The number of hydrogen-bond acceptors (Lipinski definition) is 2. The predicted molar refractivity (Wildman–Crippen MR) is 59.8 cm³/mol. The van der Waals surface area contributed by atoms with Gasteiger partial charge in [0.2, 0.25) is 0 Å². The van der Waals surface area contributed by atoms with Crippen LogP contribution in [0.25, 0.3) is 0 Å². The molecule has 1 aromatic rings. The van der Waals surface area contributed by atoms with Gasteiger partial charge in [-0.15, -0.1) is 0 Å². The van der Waals surface area contributed by atoms with Gasteiger partial charge in [0, 0.05) is 0 Å². The molecule has 1 aromatic carbocycles. The van der Waals surface area contributed by atoms with E-state index in [2.05, 4.69) is 18.2 Å². The second-order valence-corrected chi connectivity index (χ2v) is 4.29. The molecule has 0 saturated heterocycles. The number of aliphatic hydroxyl groups excluding tert-OH is 1. The second-order valence-electron chi connectivity index (χ2n) is 4.29. The zero-order valence-corrected chi connectivity index (χ0v) is 9.20. The van der Waals surface area contributed by atoms with Crippen LogP contribution in [0.1, 0.15) is 30.0 Å². The monoisotopic (exact) mass is 206 g/mol. The molecule has 0 spiro atoms. The fourth-order valence-corrected chi connectivity index (χ4v) is 1.95. The van der Waals surface area contributed by atoms with E-state index in [0.29, 0.717) is 0 Å². The highest BCUT2D eigenvalue weighted by Crippen LogP contribution is 2.19. The molecule has 0 saturated carbocycles. The molecule has 2 heteroatoms. The smallest absolute Gasteiger partial charge is 0.0719 e. The summed E-state index contributed by atoms with van der Waals surface area (Å²) in [5.41, 5.74) is 4.07. The van der Waals surface area contributed by atoms with E-state index in [1.807, 2.05) is 6.92 Å². The minimum absolute atomic E-state index is 0.204. The molecule has 0 unspecified atom stereocenters. The second kappa shape index (κ2) is 4.77. The molecule has 1 atom stereocenters. The van der Waals surface area contributed by atoms with Gasteiger partial charge in [0.15, 0.2) is 0 Å². The first-order valence-corrected chi connectivity index (χ1v) is 5.62. The van der Waals surface area contributed by atoms with Crippen LogP contribution in [0.4, 0.5) is 0 Å². The summed E-state index contributed by atoms with van der Waals surface area (Å²) in [5, 5.41) is 9.23. The number of rotatable bonds is 3. The molecule has 1 heterocycles. The molecule has 0 radical (unpaired) electrons. The maximum Gasteiger partial charge on any atom is 0.0719 e. The predicted octanol–water partition coefficient (Wildman–Crippen LogP) is 2.07. The first kappa shape index (κ1) is 10.7. The number of aryl methyl sites for hydroxylation is 1. The summed E-state index contributed by atoms with van der Waals surface area (Å²) in [5.74, 6) is 0. The van der Waals surface area contributed by atoms with E-state index in [1.54, 1.807) is 0 Å². The topological polar surface area (TPSA) is 29.5 Å². The van der Waals surface area contributed by atoms with Crippen LogP contribution in [0.3, 0.4) is 0 Å². The van der Waals surface area contributed by atoms with Crippen LogP contribution in [0.2, 0.25) is 0 Å². The molecule has 0 aromatic heterocycles. The van der Waals surface area contributed by atoms with E-state index < -0.39 is 0 Å². The maximum atomic E-state index is 9.23. The van der Waals surface area contributed by atoms with E-state index in [9.17, 15) is 5.11 Å². The SMILES string of the molecule is C[C@H](O)CCc1ccc2c(c1)CCOC2. The molecule has 1 aliphatic rings. The van der Waals surface area contributed by atoms with E-state index in [0.717, 1.165) is 32.5 Å². The molecule has 2 rings (SSSR count). The van der Waals surface area contributed by atoms with Gasteiger partial charge in [-0.2, -0.15) is 0 Å². The van der Waals surface area contributed by atoms with Gasteiger partial charge in [-0.3, -0.25) is 0 Å². The number of ether oxygens (including phenoxy) is 1. The van der Waals surface area contributed by atoms with Crippen molar-refractivity contribution in [1.82, 2.24) is 0 Å². The summed E-state index contributed by atoms with van der Waals surface area (Å²) in [6.45, 7) is 3.44. The molecule has 2 nitrogen and oxygen atoms in total. The maximum absolute atomic E-state index is 9.23. The van der Waals surface area contributed by atoms with Crippen molar-refractivity contribution >= 4 is 0 Å². The average molecular weight is 206 g/mol. The van der Waals surface area contributed by atoms with Gasteiger partial charge in [0.25, 0.3) is 0 Å². The summed E-state index contributed by atoms with van der Waals surface area (Å²) < 4.78 is 5.39. The third-order valence-electron chi connectivity index (χ3n) is 2.89. The van der Waals surface area contributed by atoms with Gasteiger partial charge < -0.3 is 9.84 Å². The molecule has 0 amide bonds. The van der Waals surface area contributed by atoms with Gasteiger partial charge in [0.1, 0.15) is 0 Å². The van der Waals surface area contributed by atoms with E-state index in [-0.39, 0.29) is 6.10 Å². The van der Waals surface area contributed by atoms with Crippen LogP contribution in [0.15, 0.2) is 18.2 Å². The first-order valence-electron chi connectivity index (χ1n) is 5.62. The molecule has 82 valence electrons. The van der Waals surface area contributed by atoms with Gasteiger partial charge >= 0.3 is 0 Å². The van der Waals surface area contributed by atoms with Gasteiger partial charge in [-0.25, -0.2) is 0 Å². The fourth-order valence-electron chi connectivity index (χ4n) is 1.95. The third-order valence-corrected chi connectivity index (χ3v) is 2.89. The van der Waals surface area contributed by atoms with Crippen molar-refractivity contribution in [3.8, 4) is 0 Å². The highest BCUT2D eigenvalue weighted by Gasteiger charge is 2.09. The molecule has 1 N–H and O–H groups in total. The Morgan fingerprint density at radius 3 is 3.07 bits per heavy atom. The van der Waals surface area contributed by atoms with Gasteiger partial charge in [-0.1, -0.05) is 18.2 Å². The number of benzene rings is 1. The third kappa shape index (κ3) is 2.80. The lowest BCUT2D eigenvalue weighted by Crippen LogP contribution is -2.10. The molecule has 0 aliphatic carbocycles. The zero-order valence-electron chi connectivity index (χ0n) is 9.20. The summed E-state index contributed by atoms with van der Waals surface area (Å²) in [6, 6.07) is 6.57. The van der Waals surface area contributed by atoms with Crippen LogP contribution in [0, 0.1) is 0 Å². The normalized spacial score (nSPS) is 17.2. The van der Waals surface area contributed by atoms with Gasteiger partial charge in [0.05, 0.1) is 19.3 Å². The zero-order chi connectivity index (χ0) is 10.7. The Balaban J connectivity index is 2.07. The first-order chi connectivity index (χ1) is 7.25. The fraction of sp³-hybridized carbons (Fsp3) is 0.538. The molecule has 1 aliphatic heterocycles. The number of fused-ring (bicyclic) bond motifs is 1. The van der Waals surface area contributed by atoms with Crippen molar-refractivity contribution < 1.29 is 9.84 Å². The molecule has 15 heavy (non-hydrogen) atoms. The Labute approximate surface area is 90.9 Å². The highest BCUT2D eigenvalue weighted by atomic mass is 16.5.